The Kier molecular flexibility index (Phi) is 4.04. The number of carbonyl (C=O) groups excluding carboxylic acids is 1. The van der Waals surface area contributed by atoms with Crippen LogP contribution in [0.4, 0.5) is 0 Å². The van der Waals surface area contributed by atoms with Crippen molar-refractivity contribution in [1.29, 1.82) is 5.26 Å². The molecule has 3 atom stereocenters. The SMILES string of the molecule is COC1C2c3cc4c(cc3CC(C#N)(c3ccccc32)N1C(=O)c1ccccc1)OCO4. The molecule has 158 valence electrons. The van der Waals surface area contributed by atoms with Crippen molar-refractivity contribution in [2.24, 2.45) is 0 Å². The summed E-state index contributed by atoms with van der Waals surface area (Å²) in [6.07, 6.45) is -0.319. The van der Waals surface area contributed by atoms with E-state index in [2.05, 4.69) is 6.07 Å². The minimum absolute atomic E-state index is 0.176. The first kappa shape index (κ1) is 18.9. The molecule has 32 heavy (non-hydrogen) atoms. The van der Waals surface area contributed by atoms with E-state index in [0.717, 1.165) is 22.3 Å². The van der Waals surface area contributed by atoms with Crippen LogP contribution in [0.5, 0.6) is 11.5 Å². The lowest BCUT2D eigenvalue weighted by atomic mass is 9.76. The third-order valence-electron chi connectivity index (χ3n) is 6.77. The monoisotopic (exact) mass is 424 g/mol. The zero-order chi connectivity index (χ0) is 21.9. The Balaban J connectivity index is 1.65. The standard InChI is InChI=1S/C26H20N2O4/c1-30-25-23-18-9-5-6-10-20(18)26(14-27,28(25)24(29)16-7-3-2-4-8-16)13-17-11-21-22(12-19(17)23)32-15-31-21/h2-12,23,25H,13,15H2,1H3. The molecule has 0 N–H and O–H groups in total. The summed E-state index contributed by atoms with van der Waals surface area (Å²) in [5, 5.41) is 10.7. The minimum Gasteiger partial charge on any atom is -0.454 e. The molecule has 4 aliphatic rings. The number of rotatable bonds is 2. The molecule has 7 rings (SSSR count). The van der Waals surface area contributed by atoms with Crippen LogP contribution in [0.15, 0.2) is 66.7 Å². The third kappa shape index (κ3) is 2.40. The largest absolute Gasteiger partial charge is 0.454 e. The Morgan fingerprint density at radius 3 is 2.53 bits per heavy atom. The maximum absolute atomic E-state index is 13.9. The average molecular weight is 424 g/mol. The maximum atomic E-state index is 13.9. The number of methoxy groups -OCH3 is 1. The molecule has 3 aromatic rings. The van der Waals surface area contributed by atoms with E-state index >= 15 is 0 Å². The van der Waals surface area contributed by atoms with Crippen LogP contribution >= 0.6 is 0 Å². The first-order valence-corrected chi connectivity index (χ1v) is 10.5. The fourth-order valence-corrected chi connectivity index (χ4v) is 5.42. The van der Waals surface area contributed by atoms with E-state index in [0.29, 0.717) is 23.5 Å². The van der Waals surface area contributed by atoms with E-state index in [4.69, 9.17) is 14.2 Å². The lowest BCUT2D eigenvalue weighted by molar-refractivity contribution is -0.0703. The van der Waals surface area contributed by atoms with Crippen molar-refractivity contribution >= 4 is 5.91 Å². The van der Waals surface area contributed by atoms with Crippen molar-refractivity contribution in [3.8, 4) is 17.6 Å². The number of nitriles is 1. The summed E-state index contributed by atoms with van der Waals surface area (Å²) in [6.45, 7) is 0.176. The van der Waals surface area contributed by atoms with Gasteiger partial charge < -0.3 is 14.2 Å². The van der Waals surface area contributed by atoms with E-state index in [1.54, 1.807) is 24.1 Å². The molecule has 0 fully saturated rings. The van der Waals surface area contributed by atoms with Crippen LogP contribution in [-0.4, -0.2) is 30.9 Å². The van der Waals surface area contributed by atoms with Crippen LogP contribution in [0.1, 0.15) is 38.5 Å². The summed E-state index contributed by atoms with van der Waals surface area (Å²) in [5.74, 6) is 0.842. The number of benzene rings is 3. The van der Waals surface area contributed by atoms with Crippen LogP contribution in [0, 0.1) is 11.3 Å². The van der Waals surface area contributed by atoms with Crippen molar-refractivity contribution in [3.05, 3.63) is 94.5 Å². The van der Waals surface area contributed by atoms with Gasteiger partial charge in [-0.2, -0.15) is 5.26 Å². The topological polar surface area (TPSA) is 71.8 Å². The van der Waals surface area contributed by atoms with Crippen molar-refractivity contribution in [1.82, 2.24) is 4.90 Å². The lowest BCUT2D eigenvalue weighted by Gasteiger charge is -2.48. The third-order valence-corrected chi connectivity index (χ3v) is 6.77. The molecule has 1 amide bonds. The fraction of sp³-hybridized carbons (Fsp3) is 0.231. The lowest BCUT2D eigenvalue weighted by Crippen LogP contribution is -2.59. The highest BCUT2D eigenvalue weighted by atomic mass is 16.7. The van der Waals surface area contributed by atoms with Gasteiger partial charge in [-0.05, 0) is 46.5 Å². The summed E-state index contributed by atoms with van der Waals surface area (Å²) in [5.41, 5.74) is 3.09. The Morgan fingerprint density at radius 1 is 1.06 bits per heavy atom. The molecule has 3 unspecified atom stereocenters. The summed E-state index contributed by atoms with van der Waals surface area (Å²) >= 11 is 0. The van der Waals surface area contributed by atoms with Gasteiger partial charge in [0.2, 0.25) is 6.79 Å². The number of nitrogens with zero attached hydrogens (tertiary/aromatic N) is 2. The molecule has 0 radical (unpaired) electrons. The van der Waals surface area contributed by atoms with Gasteiger partial charge in [0.1, 0.15) is 6.23 Å². The van der Waals surface area contributed by atoms with Crippen LogP contribution in [-0.2, 0) is 16.7 Å². The molecule has 3 aliphatic heterocycles. The van der Waals surface area contributed by atoms with Crippen LogP contribution < -0.4 is 9.47 Å². The quantitative estimate of drug-likeness (QED) is 0.623. The second-order valence-corrected chi connectivity index (χ2v) is 8.29. The zero-order valence-electron chi connectivity index (χ0n) is 17.4. The molecule has 1 aliphatic carbocycles. The van der Waals surface area contributed by atoms with Crippen LogP contribution in [0.25, 0.3) is 0 Å². The highest BCUT2D eigenvalue weighted by molar-refractivity contribution is 5.96. The second kappa shape index (κ2) is 6.84. The molecular weight excluding hydrogens is 404 g/mol. The summed E-state index contributed by atoms with van der Waals surface area (Å²) < 4.78 is 17.3. The Labute approximate surface area is 185 Å². The van der Waals surface area contributed by atoms with Gasteiger partial charge in [-0.15, -0.1) is 0 Å². The number of fused-ring (bicyclic) bond motifs is 2. The molecule has 0 saturated heterocycles. The molecule has 3 heterocycles. The highest BCUT2D eigenvalue weighted by Crippen LogP contribution is 2.54. The molecule has 0 spiro atoms. The molecule has 0 saturated carbocycles. The molecule has 0 aromatic heterocycles. The predicted octanol–water partition coefficient (Wildman–Crippen LogP) is 3.95. The molecule has 2 bridgehead atoms. The second-order valence-electron chi connectivity index (χ2n) is 8.29. The Hall–Kier alpha value is -3.82. The zero-order valence-corrected chi connectivity index (χ0v) is 17.4. The van der Waals surface area contributed by atoms with E-state index < -0.39 is 11.8 Å². The molecule has 6 nitrogen and oxygen atoms in total. The molecule has 6 heteroatoms. The predicted molar refractivity (Wildman–Crippen MR) is 115 cm³/mol. The van der Waals surface area contributed by atoms with Gasteiger partial charge >= 0.3 is 0 Å². The minimum atomic E-state index is -1.22. The first-order valence-electron chi connectivity index (χ1n) is 10.5. The first-order chi connectivity index (χ1) is 15.7. The summed E-state index contributed by atoms with van der Waals surface area (Å²) in [6, 6.07) is 23.4. The van der Waals surface area contributed by atoms with Crippen molar-refractivity contribution in [3.63, 3.8) is 0 Å². The number of carbonyl (C=O) groups is 1. The molecule has 3 aromatic carbocycles. The summed E-state index contributed by atoms with van der Waals surface area (Å²) in [4.78, 5) is 15.5. The number of amides is 1. The van der Waals surface area contributed by atoms with E-state index in [-0.39, 0.29) is 18.6 Å². The average Bonchev–Trinajstić information content (AvgIpc) is 3.21. The van der Waals surface area contributed by atoms with Gasteiger partial charge in [-0.25, -0.2) is 0 Å². The van der Waals surface area contributed by atoms with Gasteiger partial charge in [0, 0.05) is 19.1 Å². The van der Waals surface area contributed by atoms with Crippen LogP contribution in [0.3, 0.4) is 0 Å². The maximum Gasteiger partial charge on any atom is 0.257 e. The number of ether oxygens (including phenoxy) is 3. The molecular formula is C26H20N2O4. The van der Waals surface area contributed by atoms with Gasteiger partial charge in [-0.1, -0.05) is 42.5 Å². The number of hydrogen-bond acceptors (Lipinski definition) is 5. The van der Waals surface area contributed by atoms with Crippen molar-refractivity contribution in [2.75, 3.05) is 13.9 Å². The Bertz CT molecular complexity index is 1280. The summed E-state index contributed by atoms with van der Waals surface area (Å²) in [7, 11) is 1.59. The Morgan fingerprint density at radius 2 is 1.78 bits per heavy atom. The highest BCUT2D eigenvalue weighted by Gasteiger charge is 2.57. The van der Waals surface area contributed by atoms with Gasteiger partial charge in [0.05, 0.1) is 12.0 Å². The normalized spacial score (nSPS) is 24.3. The van der Waals surface area contributed by atoms with E-state index in [1.807, 2.05) is 54.6 Å². The number of hydrogen-bond donors (Lipinski definition) is 0. The van der Waals surface area contributed by atoms with Crippen LogP contribution in [0.2, 0.25) is 0 Å². The van der Waals surface area contributed by atoms with Crippen molar-refractivity contribution in [2.45, 2.75) is 24.1 Å². The van der Waals surface area contributed by atoms with Gasteiger partial charge in [0.15, 0.2) is 17.0 Å². The fourth-order valence-electron chi connectivity index (χ4n) is 5.42. The van der Waals surface area contributed by atoms with Gasteiger partial charge in [0.25, 0.3) is 5.91 Å². The van der Waals surface area contributed by atoms with Gasteiger partial charge in [-0.3, -0.25) is 9.69 Å². The van der Waals surface area contributed by atoms with E-state index in [1.165, 1.54) is 0 Å². The smallest absolute Gasteiger partial charge is 0.257 e. The van der Waals surface area contributed by atoms with E-state index in [9.17, 15) is 10.1 Å². The van der Waals surface area contributed by atoms with Crippen molar-refractivity contribution < 1.29 is 19.0 Å².